The number of fused-ring (bicyclic) bond motifs is 1. The fraction of sp³-hybridized carbons (Fsp3) is 0.800. The number of aromatic nitrogens is 2. The second-order valence-electron chi connectivity index (χ2n) is 6.33. The van der Waals surface area contributed by atoms with Crippen LogP contribution < -0.4 is 0 Å². The Morgan fingerprint density at radius 3 is 2.79 bits per heavy atom. The number of aryl methyl sites for hydroxylation is 1. The molecule has 0 aromatic carbocycles. The van der Waals surface area contributed by atoms with Gasteiger partial charge in [-0.2, -0.15) is 0 Å². The summed E-state index contributed by atoms with van der Waals surface area (Å²) in [7, 11) is 2.21. The molecule has 1 aromatic heterocycles. The quantitative estimate of drug-likeness (QED) is 0.819. The van der Waals surface area contributed by atoms with Crippen molar-refractivity contribution in [2.45, 2.75) is 32.7 Å². The van der Waals surface area contributed by atoms with E-state index in [4.69, 9.17) is 4.98 Å². The second kappa shape index (κ2) is 5.63. The molecule has 0 amide bonds. The topological polar surface area (TPSA) is 24.3 Å². The summed E-state index contributed by atoms with van der Waals surface area (Å²) in [5.41, 5.74) is 1.29. The van der Waals surface area contributed by atoms with E-state index in [1.165, 1.54) is 50.7 Å². The van der Waals surface area contributed by atoms with Gasteiger partial charge >= 0.3 is 0 Å². The summed E-state index contributed by atoms with van der Waals surface area (Å²) < 4.78 is 2.37. The van der Waals surface area contributed by atoms with Crippen LogP contribution in [0.2, 0.25) is 0 Å². The Morgan fingerprint density at radius 1 is 1.21 bits per heavy atom. The molecule has 3 rings (SSSR count). The molecule has 4 heteroatoms. The molecule has 1 atom stereocenters. The highest BCUT2D eigenvalue weighted by Crippen LogP contribution is 2.19. The smallest absolute Gasteiger partial charge is 0.109 e. The summed E-state index contributed by atoms with van der Waals surface area (Å²) in [6, 6.07) is 0. The van der Waals surface area contributed by atoms with Crippen molar-refractivity contribution in [3.05, 3.63) is 17.7 Å². The zero-order valence-corrected chi connectivity index (χ0v) is 12.3. The summed E-state index contributed by atoms with van der Waals surface area (Å²) in [5.74, 6) is 2.12. The van der Waals surface area contributed by atoms with Crippen molar-refractivity contribution in [3.63, 3.8) is 0 Å². The average molecular weight is 262 g/mol. The van der Waals surface area contributed by atoms with Crippen LogP contribution in [0, 0.1) is 5.92 Å². The predicted octanol–water partition coefficient (Wildman–Crippen LogP) is 1.26. The van der Waals surface area contributed by atoms with Crippen LogP contribution >= 0.6 is 0 Å². The molecule has 4 nitrogen and oxygen atoms in total. The van der Waals surface area contributed by atoms with Gasteiger partial charge in [-0.05, 0) is 19.4 Å². The third kappa shape index (κ3) is 3.18. The number of rotatable bonds is 3. The fourth-order valence-electron chi connectivity index (χ4n) is 3.11. The van der Waals surface area contributed by atoms with Crippen LogP contribution in [0.15, 0.2) is 6.20 Å². The summed E-state index contributed by atoms with van der Waals surface area (Å²) in [6.45, 7) is 9.50. The monoisotopic (exact) mass is 262 g/mol. The molecular weight excluding hydrogens is 236 g/mol. The second-order valence-corrected chi connectivity index (χ2v) is 6.33. The molecule has 2 aliphatic rings. The SMILES string of the molecule is CC1CCn2cc(CCN3CCN(C)CC3)nc2C1. The Bertz CT molecular complexity index is 418. The average Bonchev–Trinajstić information content (AvgIpc) is 2.80. The molecule has 0 aliphatic carbocycles. The standard InChI is InChI=1S/C15H26N4/c1-13-3-6-19-12-14(16-15(19)11-13)4-5-18-9-7-17(2)8-10-18/h12-13H,3-11H2,1-2H3. The molecule has 0 saturated carbocycles. The van der Waals surface area contributed by atoms with E-state index in [9.17, 15) is 0 Å². The maximum atomic E-state index is 4.83. The molecule has 3 heterocycles. The fourth-order valence-corrected chi connectivity index (χ4v) is 3.11. The summed E-state index contributed by atoms with van der Waals surface area (Å²) in [4.78, 5) is 9.81. The first-order valence-corrected chi connectivity index (χ1v) is 7.66. The minimum atomic E-state index is 0.806. The van der Waals surface area contributed by atoms with Gasteiger partial charge in [0.25, 0.3) is 0 Å². The van der Waals surface area contributed by atoms with Crippen LogP contribution in [0.1, 0.15) is 24.9 Å². The summed E-state index contributed by atoms with van der Waals surface area (Å²) >= 11 is 0. The highest BCUT2D eigenvalue weighted by Gasteiger charge is 2.18. The maximum Gasteiger partial charge on any atom is 0.109 e. The van der Waals surface area contributed by atoms with E-state index >= 15 is 0 Å². The van der Waals surface area contributed by atoms with E-state index in [-0.39, 0.29) is 0 Å². The minimum Gasteiger partial charge on any atom is -0.335 e. The van der Waals surface area contributed by atoms with Crippen LogP contribution in [0.4, 0.5) is 0 Å². The third-order valence-corrected chi connectivity index (χ3v) is 4.58. The largest absolute Gasteiger partial charge is 0.335 e. The number of piperazine rings is 1. The van der Waals surface area contributed by atoms with Crippen molar-refractivity contribution in [2.75, 3.05) is 39.8 Å². The first-order valence-electron chi connectivity index (χ1n) is 7.66. The van der Waals surface area contributed by atoms with E-state index in [0.717, 1.165) is 25.3 Å². The molecule has 1 unspecified atom stereocenters. The Kier molecular flexibility index (Phi) is 3.89. The zero-order chi connectivity index (χ0) is 13.2. The molecule has 0 radical (unpaired) electrons. The van der Waals surface area contributed by atoms with Gasteiger partial charge in [0, 0.05) is 58.3 Å². The van der Waals surface area contributed by atoms with E-state index in [1.807, 2.05) is 0 Å². The highest BCUT2D eigenvalue weighted by molar-refractivity contribution is 5.07. The van der Waals surface area contributed by atoms with Gasteiger partial charge in [0.1, 0.15) is 5.82 Å². The lowest BCUT2D eigenvalue weighted by atomic mass is 10.0. The maximum absolute atomic E-state index is 4.83. The third-order valence-electron chi connectivity index (χ3n) is 4.58. The van der Waals surface area contributed by atoms with Crippen molar-refractivity contribution < 1.29 is 0 Å². The molecule has 1 fully saturated rings. The van der Waals surface area contributed by atoms with Crippen molar-refractivity contribution in [3.8, 4) is 0 Å². The summed E-state index contributed by atoms with van der Waals surface area (Å²) in [6.07, 6.45) is 5.87. The lowest BCUT2D eigenvalue weighted by molar-refractivity contribution is 0.155. The van der Waals surface area contributed by atoms with Crippen LogP contribution in [0.3, 0.4) is 0 Å². The van der Waals surface area contributed by atoms with Gasteiger partial charge in [0.15, 0.2) is 0 Å². The molecule has 19 heavy (non-hydrogen) atoms. The minimum absolute atomic E-state index is 0.806. The van der Waals surface area contributed by atoms with Gasteiger partial charge in [0.05, 0.1) is 5.69 Å². The lowest BCUT2D eigenvalue weighted by Crippen LogP contribution is -2.45. The number of likely N-dealkylation sites (N-methyl/N-ethyl adjacent to an activating group) is 1. The number of nitrogens with zero attached hydrogens (tertiary/aromatic N) is 4. The van der Waals surface area contributed by atoms with E-state index < -0.39 is 0 Å². The van der Waals surface area contributed by atoms with Crippen molar-refractivity contribution in [2.24, 2.45) is 5.92 Å². The van der Waals surface area contributed by atoms with E-state index in [1.54, 1.807) is 0 Å². The molecule has 2 aliphatic heterocycles. The van der Waals surface area contributed by atoms with Crippen molar-refractivity contribution in [1.29, 1.82) is 0 Å². The Hall–Kier alpha value is -0.870. The van der Waals surface area contributed by atoms with Gasteiger partial charge in [-0.3, -0.25) is 0 Å². The lowest BCUT2D eigenvalue weighted by Gasteiger charge is -2.32. The Balaban J connectivity index is 1.53. The van der Waals surface area contributed by atoms with Gasteiger partial charge < -0.3 is 14.4 Å². The van der Waals surface area contributed by atoms with Gasteiger partial charge in [-0.1, -0.05) is 6.92 Å². The van der Waals surface area contributed by atoms with Gasteiger partial charge in [-0.15, -0.1) is 0 Å². The van der Waals surface area contributed by atoms with Crippen LogP contribution in [0.5, 0.6) is 0 Å². The van der Waals surface area contributed by atoms with Crippen molar-refractivity contribution >= 4 is 0 Å². The highest BCUT2D eigenvalue weighted by atomic mass is 15.2. The number of hydrogen-bond donors (Lipinski definition) is 0. The Morgan fingerprint density at radius 2 is 2.00 bits per heavy atom. The van der Waals surface area contributed by atoms with E-state index in [0.29, 0.717) is 0 Å². The predicted molar refractivity (Wildman–Crippen MR) is 77.4 cm³/mol. The molecule has 0 N–H and O–H groups in total. The normalized spacial score (nSPS) is 25.5. The van der Waals surface area contributed by atoms with Crippen molar-refractivity contribution in [1.82, 2.24) is 19.4 Å². The molecular formula is C15H26N4. The Labute approximate surface area is 116 Å². The first kappa shape index (κ1) is 13.1. The molecule has 0 spiro atoms. The zero-order valence-electron chi connectivity index (χ0n) is 12.3. The summed E-state index contributed by atoms with van der Waals surface area (Å²) in [5, 5.41) is 0. The first-order chi connectivity index (χ1) is 9.20. The number of imidazole rings is 1. The van der Waals surface area contributed by atoms with Crippen LogP contribution in [0.25, 0.3) is 0 Å². The molecule has 0 bridgehead atoms. The van der Waals surface area contributed by atoms with Crippen LogP contribution in [-0.2, 0) is 19.4 Å². The molecule has 1 saturated heterocycles. The van der Waals surface area contributed by atoms with E-state index in [2.05, 4.69) is 34.5 Å². The van der Waals surface area contributed by atoms with Crippen LogP contribution in [-0.4, -0.2) is 59.1 Å². The van der Waals surface area contributed by atoms with Gasteiger partial charge in [0.2, 0.25) is 0 Å². The molecule has 1 aromatic rings. The van der Waals surface area contributed by atoms with Gasteiger partial charge in [-0.25, -0.2) is 4.98 Å². The molecule has 106 valence electrons. The number of hydrogen-bond acceptors (Lipinski definition) is 3.